The summed E-state index contributed by atoms with van der Waals surface area (Å²) in [7, 11) is -3.97. The number of thiophene rings is 1. The SMILES string of the molecule is CS(=O)(=O)c1sc(-c2cncc(C(F)(F)F)c2)c2c1[C@H](O)C(F)(F)CC2. The van der Waals surface area contributed by atoms with Gasteiger partial charge in [0.25, 0.3) is 5.92 Å². The molecule has 142 valence electrons. The quantitative estimate of drug-likeness (QED) is 0.760. The van der Waals surface area contributed by atoms with Crippen LogP contribution in [0.1, 0.15) is 29.2 Å². The van der Waals surface area contributed by atoms with Gasteiger partial charge in [0.15, 0.2) is 9.84 Å². The number of hydrogen-bond acceptors (Lipinski definition) is 5. The Bertz CT molecular complexity index is 966. The molecule has 0 radical (unpaired) electrons. The second kappa shape index (κ2) is 5.96. The Hall–Kier alpha value is -1.59. The molecule has 0 bridgehead atoms. The Kier molecular flexibility index (Phi) is 4.40. The molecule has 1 aliphatic carbocycles. The van der Waals surface area contributed by atoms with Gasteiger partial charge in [-0.25, -0.2) is 17.2 Å². The molecule has 1 N–H and O–H groups in total. The molecule has 0 fully saturated rings. The smallest absolute Gasteiger partial charge is 0.382 e. The minimum Gasteiger partial charge on any atom is -0.382 e. The van der Waals surface area contributed by atoms with Gasteiger partial charge in [0.05, 0.1) is 5.56 Å². The summed E-state index contributed by atoms with van der Waals surface area (Å²) >= 11 is 0.571. The highest BCUT2D eigenvalue weighted by molar-refractivity contribution is 7.92. The zero-order chi connectivity index (χ0) is 19.5. The molecule has 1 aliphatic rings. The normalized spacial score (nSPS) is 20.0. The van der Waals surface area contributed by atoms with Crippen LogP contribution < -0.4 is 0 Å². The van der Waals surface area contributed by atoms with E-state index in [1.54, 1.807) is 0 Å². The Balaban J connectivity index is 2.26. The second-order valence-corrected chi connectivity index (χ2v) is 9.24. The van der Waals surface area contributed by atoms with Gasteiger partial charge in [-0.05, 0) is 18.1 Å². The molecule has 11 heteroatoms. The summed E-state index contributed by atoms with van der Waals surface area (Å²) in [5, 5.41) is 9.97. The maximum atomic E-state index is 13.9. The predicted molar refractivity (Wildman–Crippen MR) is 83.9 cm³/mol. The van der Waals surface area contributed by atoms with Crippen LogP contribution in [0, 0.1) is 0 Å². The van der Waals surface area contributed by atoms with Crippen LogP contribution in [-0.2, 0) is 22.4 Å². The summed E-state index contributed by atoms with van der Waals surface area (Å²) in [5.41, 5.74) is -1.38. The molecule has 0 aromatic carbocycles. The van der Waals surface area contributed by atoms with E-state index in [0.717, 1.165) is 18.5 Å². The summed E-state index contributed by atoms with van der Waals surface area (Å²) in [4.78, 5) is 3.61. The number of fused-ring (bicyclic) bond motifs is 1. The average molecular weight is 413 g/mol. The van der Waals surface area contributed by atoms with Crippen LogP contribution in [0.4, 0.5) is 22.0 Å². The van der Waals surface area contributed by atoms with Crippen LogP contribution in [-0.4, -0.2) is 30.7 Å². The number of aliphatic hydroxyl groups excluding tert-OH is 1. The Labute approximate surface area is 149 Å². The summed E-state index contributed by atoms with van der Waals surface area (Å²) in [6.45, 7) is 0. The largest absolute Gasteiger partial charge is 0.417 e. The molecule has 3 rings (SSSR count). The molecule has 0 saturated carbocycles. The van der Waals surface area contributed by atoms with Crippen LogP contribution in [0.2, 0.25) is 0 Å². The zero-order valence-corrected chi connectivity index (χ0v) is 14.8. The number of aromatic nitrogens is 1. The van der Waals surface area contributed by atoms with Crippen molar-refractivity contribution in [2.45, 2.75) is 35.3 Å². The van der Waals surface area contributed by atoms with Crippen LogP contribution in [0.5, 0.6) is 0 Å². The number of alkyl halides is 5. The molecule has 0 aliphatic heterocycles. The van der Waals surface area contributed by atoms with Gasteiger partial charge in [-0.15, -0.1) is 11.3 Å². The lowest BCUT2D eigenvalue weighted by molar-refractivity contribution is -0.137. The molecule has 2 heterocycles. The fourth-order valence-corrected chi connectivity index (χ4v) is 5.43. The fraction of sp³-hybridized carbons (Fsp3) is 0.400. The number of rotatable bonds is 2. The van der Waals surface area contributed by atoms with Gasteiger partial charge < -0.3 is 5.11 Å². The van der Waals surface area contributed by atoms with E-state index in [1.807, 2.05) is 0 Å². The van der Waals surface area contributed by atoms with E-state index in [4.69, 9.17) is 0 Å². The molecule has 4 nitrogen and oxygen atoms in total. The highest BCUT2D eigenvalue weighted by Crippen LogP contribution is 2.51. The molecule has 26 heavy (non-hydrogen) atoms. The van der Waals surface area contributed by atoms with Gasteiger partial charge in [-0.1, -0.05) is 0 Å². The van der Waals surface area contributed by atoms with Crippen molar-refractivity contribution in [2.24, 2.45) is 0 Å². The van der Waals surface area contributed by atoms with E-state index in [2.05, 4.69) is 4.98 Å². The lowest BCUT2D eigenvalue weighted by atomic mass is 9.87. The Morgan fingerprint density at radius 1 is 1.31 bits per heavy atom. The maximum Gasteiger partial charge on any atom is 0.417 e. The summed E-state index contributed by atoms with van der Waals surface area (Å²) in [5.74, 6) is -3.52. The van der Waals surface area contributed by atoms with Crippen LogP contribution >= 0.6 is 11.3 Å². The molecule has 0 spiro atoms. The first-order valence-corrected chi connectivity index (χ1v) is 9.97. The number of pyridine rings is 1. The van der Waals surface area contributed by atoms with E-state index in [0.29, 0.717) is 17.5 Å². The first-order chi connectivity index (χ1) is 11.8. The monoisotopic (exact) mass is 413 g/mol. The predicted octanol–water partition coefficient (Wildman–Crippen LogP) is 3.85. The summed E-state index contributed by atoms with van der Waals surface area (Å²) in [6.07, 6.45) is -5.48. The highest BCUT2D eigenvalue weighted by atomic mass is 32.2. The molecule has 0 amide bonds. The molecule has 0 saturated heterocycles. The van der Waals surface area contributed by atoms with Gasteiger partial charge >= 0.3 is 6.18 Å². The highest BCUT2D eigenvalue weighted by Gasteiger charge is 2.47. The van der Waals surface area contributed by atoms with Crippen LogP contribution in [0.25, 0.3) is 10.4 Å². The molecular formula is C15H12F5NO3S2. The first-order valence-electron chi connectivity index (χ1n) is 7.26. The second-order valence-electron chi connectivity index (χ2n) is 6.01. The van der Waals surface area contributed by atoms with Crippen LogP contribution in [0.15, 0.2) is 22.7 Å². The zero-order valence-electron chi connectivity index (χ0n) is 13.1. The molecule has 1 atom stereocenters. The number of hydrogen-bond donors (Lipinski definition) is 1. The summed E-state index contributed by atoms with van der Waals surface area (Å²) < 4.78 is 90.0. The van der Waals surface area contributed by atoms with Crippen molar-refractivity contribution in [3.8, 4) is 10.4 Å². The van der Waals surface area contributed by atoms with Crippen molar-refractivity contribution in [1.29, 1.82) is 0 Å². The van der Waals surface area contributed by atoms with Gasteiger partial charge in [0.2, 0.25) is 0 Å². The minimum absolute atomic E-state index is 0.0339. The van der Waals surface area contributed by atoms with E-state index in [9.17, 15) is 35.5 Å². The third-order valence-electron chi connectivity index (χ3n) is 4.06. The van der Waals surface area contributed by atoms with E-state index < -0.39 is 49.8 Å². The van der Waals surface area contributed by atoms with Crippen molar-refractivity contribution in [3.05, 3.63) is 35.2 Å². The van der Waals surface area contributed by atoms with Gasteiger partial charge in [0, 0.05) is 41.1 Å². The minimum atomic E-state index is -4.66. The lowest BCUT2D eigenvalue weighted by Gasteiger charge is -2.29. The fourth-order valence-electron chi connectivity index (χ4n) is 2.85. The van der Waals surface area contributed by atoms with Crippen molar-refractivity contribution in [3.63, 3.8) is 0 Å². The number of nitrogens with zero attached hydrogens (tertiary/aromatic N) is 1. The number of sulfone groups is 1. The van der Waals surface area contributed by atoms with E-state index in [-0.39, 0.29) is 22.4 Å². The first kappa shape index (κ1) is 19.2. The van der Waals surface area contributed by atoms with Crippen molar-refractivity contribution in [2.75, 3.05) is 6.26 Å². The van der Waals surface area contributed by atoms with Gasteiger partial charge in [-0.2, -0.15) is 13.2 Å². The topological polar surface area (TPSA) is 67.3 Å². The molecule has 0 unspecified atom stereocenters. The average Bonchev–Trinajstić information content (AvgIpc) is 2.91. The standard InChI is InChI=1S/C15H12F5NO3S2/c1-26(23,24)13-10-9(2-3-14(16,17)12(10)22)11(25-13)7-4-8(6-21-5-7)15(18,19)20/h4-6,12,22H,2-3H2,1H3/t12-/m0/s1. The van der Waals surface area contributed by atoms with E-state index >= 15 is 0 Å². The lowest BCUT2D eigenvalue weighted by Crippen LogP contribution is -2.32. The van der Waals surface area contributed by atoms with E-state index in [1.165, 1.54) is 0 Å². The van der Waals surface area contributed by atoms with Crippen LogP contribution in [0.3, 0.4) is 0 Å². The summed E-state index contributed by atoms with van der Waals surface area (Å²) in [6, 6.07) is 0.782. The third kappa shape index (κ3) is 3.23. The number of halogens is 5. The van der Waals surface area contributed by atoms with Crippen molar-refractivity contribution >= 4 is 21.2 Å². The maximum absolute atomic E-state index is 13.9. The molecule has 2 aromatic rings. The Morgan fingerprint density at radius 2 is 1.96 bits per heavy atom. The van der Waals surface area contributed by atoms with Crippen molar-refractivity contribution < 1.29 is 35.5 Å². The third-order valence-corrected chi connectivity index (χ3v) is 7.20. The molecular weight excluding hydrogens is 401 g/mol. The van der Waals surface area contributed by atoms with Gasteiger partial charge in [-0.3, -0.25) is 4.98 Å². The van der Waals surface area contributed by atoms with Gasteiger partial charge in [0.1, 0.15) is 10.3 Å². The Morgan fingerprint density at radius 3 is 2.54 bits per heavy atom. The molecule has 2 aromatic heterocycles. The number of aliphatic hydroxyl groups is 1. The van der Waals surface area contributed by atoms with Crippen molar-refractivity contribution in [1.82, 2.24) is 4.98 Å².